The van der Waals surface area contributed by atoms with Crippen LogP contribution in [0.3, 0.4) is 0 Å². The Morgan fingerprint density at radius 3 is 2.72 bits per heavy atom. The van der Waals surface area contributed by atoms with Gasteiger partial charge in [0.25, 0.3) is 0 Å². The van der Waals surface area contributed by atoms with Crippen molar-refractivity contribution in [3.63, 3.8) is 0 Å². The Labute approximate surface area is 147 Å². The lowest BCUT2D eigenvalue weighted by atomic mass is 9.79. The molecule has 5 nitrogen and oxygen atoms in total. The van der Waals surface area contributed by atoms with Crippen molar-refractivity contribution in [2.24, 2.45) is 5.92 Å². The third kappa shape index (κ3) is 2.39. The number of benzene rings is 2. The summed E-state index contributed by atoms with van der Waals surface area (Å²) in [6.45, 7) is 0. The zero-order valence-electron chi connectivity index (χ0n) is 12.8. The molecule has 0 aliphatic carbocycles. The fourth-order valence-electron chi connectivity index (χ4n) is 3.20. The fourth-order valence-corrected chi connectivity index (χ4v) is 3.40. The van der Waals surface area contributed by atoms with Gasteiger partial charge in [-0.25, -0.2) is 4.79 Å². The zero-order chi connectivity index (χ0) is 17.6. The molecule has 0 spiro atoms. The minimum atomic E-state index is -0.935. The molecule has 1 aliphatic rings. The van der Waals surface area contributed by atoms with Crippen LogP contribution in [0.5, 0.6) is 5.75 Å². The Kier molecular flexibility index (Phi) is 3.56. The van der Waals surface area contributed by atoms with Crippen molar-refractivity contribution in [3.05, 3.63) is 75.1 Å². The molecule has 2 heterocycles. The molecule has 0 bridgehead atoms. The van der Waals surface area contributed by atoms with E-state index in [1.165, 1.54) is 0 Å². The summed E-state index contributed by atoms with van der Waals surface area (Å²) in [7, 11) is 0. The van der Waals surface area contributed by atoms with E-state index < -0.39 is 17.5 Å². The lowest BCUT2D eigenvalue weighted by Gasteiger charge is -2.29. The first-order valence-corrected chi connectivity index (χ1v) is 7.95. The van der Waals surface area contributed by atoms with Gasteiger partial charge in [-0.15, -0.1) is 0 Å². The van der Waals surface area contributed by atoms with Crippen molar-refractivity contribution in [2.75, 3.05) is 0 Å². The number of hydrogen-bond donors (Lipinski definition) is 1. The number of halogens is 1. The molecule has 2 unspecified atom stereocenters. The summed E-state index contributed by atoms with van der Waals surface area (Å²) >= 11 is 6.08. The molecule has 122 valence electrons. The van der Waals surface area contributed by atoms with Crippen LogP contribution in [0, 0.1) is 22.7 Å². The number of fused-ring (bicyclic) bond motifs is 3. The fraction of sp³-hybridized carbons (Fsp3) is 0.105. The highest BCUT2D eigenvalue weighted by atomic mass is 35.5. The molecule has 0 amide bonds. The van der Waals surface area contributed by atoms with Crippen LogP contribution in [-0.2, 0) is 0 Å². The Morgan fingerprint density at radius 2 is 1.96 bits per heavy atom. The van der Waals surface area contributed by atoms with Gasteiger partial charge >= 0.3 is 5.63 Å². The second-order valence-corrected chi connectivity index (χ2v) is 6.17. The van der Waals surface area contributed by atoms with Gasteiger partial charge in [-0.05, 0) is 29.8 Å². The van der Waals surface area contributed by atoms with Gasteiger partial charge in [0.05, 0.1) is 17.0 Å². The molecule has 6 heteroatoms. The molecule has 25 heavy (non-hydrogen) atoms. The first-order valence-electron chi connectivity index (χ1n) is 7.57. The SMILES string of the molecule is N#CC1C(=N)Oc2c(c(=O)oc3ccccc23)C1c1cccc(Cl)c1. The Balaban J connectivity index is 2.08. The monoisotopic (exact) mass is 350 g/mol. The quantitative estimate of drug-likeness (QED) is 0.669. The molecule has 0 fully saturated rings. The molecule has 4 rings (SSSR count). The number of rotatable bonds is 1. The van der Waals surface area contributed by atoms with E-state index in [-0.39, 0.29) is 17.2 Å². The number of nitriles is 1. The Bertz CT molecular complexity index is 1110. The predicted octanol–water partition coefficient (Wildman–Crippen LogP) is 4.09. The van der Waals surface area contributed by atoms with Crippen molar-refractivity contribution < 1.29 is 9.15 Å². The number of para-hydroxylation sites is 1. The van der Waals surface area contributed by atoms with Crippen LogP contribution in [0.1, 0.15) is 17.0 Å². The minimum Gasteiger partial charge on any atom is -0.441 e. The maximum Gasteiger partial charge on any atom is 0.343 e. The number of nitrogens with zero attached hydrogens (tertiary/aromatic N) is 1. The van der Waals surface area contributed by atoms with Gasteiger partial charge in [-0.3, -0.25) is 5.41 Å². The van der Waals surface area contributed by atoms with E-state index in [2.05, 4.69) is 6.07 Å². The Hall–Kier alpha value is -3.10. The summed E-state index contributed by atoms with van der Waals surface area (Å²) in [5, 5.41) is 18.8. The van der Waals surface area contributed by atoms with Gasteiger partial charge in [-0.1, -0.05) is 35.9 Å². The van der Waals surface area contributed by atoms with Gasteiger partial charge in [0.15, 0.2) is 5.75 Å². The summed E-state index contributed by atoms with van der Waals surface area (Å²) in [4.78, 5) is 12.7. The van der Waals surface area contributed by atoms with Crippen LogP contribution < -0.4 is 10.4 Å². The largest absolute Gasteiger partial charge is 0.441 e. The highest BCUT2D eigenvalue weighted by Crippen LogP contribution is 2.43. The summed E-state index contributed by atoms with van der Waals surface area (Å²) < 4.78 is 11.0. The molecule has 0 saturated carbocycles. The lowest BCUT2D eigenvalue weighted by molar-refractivity contribution is 0.431. The molecule has 2 aromatic carbocycles. The van der Waals surface area contributed by atoms with Crippen LogP contribution in [0.25, 0.3) is 11.0 Å². The maximum absolute atomic E-state index is 12.7. The molecule has 0 radical (unpaired) electrons. The minimum absolute atomic E-state index is 0.198. The van der Waals surface area contributed by atoms with Gasteiger partial charge in [-0.2, -0.15) is 5.26 Å². The van der Waals surface area contributed by atoms with Crippen LogP contribution in [0.15, 0.2) is 57.7 Å². The van der Waals surface area contributed by atoms with Crippen molar-refractivity contribution >= 4 is 28.5 Å². The van der Waals surface area contributed by atoms with Gasteiger partial charge < -0.3 is 9.15 Å². The predicted molar refractivity (Wildman–Crippen MR) is 93.2 cm³/mol. The first kappa shape index (κ1) is 15.4. The lowest BCUT2D eigenvalue weighted by Crippen LogP contribution is -2.34. The molecule has 3 aromatic rings. The van der Waals surface area contributed by atoms with Crippen LogP contribution >= 0.6 is 11.6 Å². The number of hydrogen-bond acceptors (Lipinski definition) is 5. The van der Waals surface area contributed by atoms with E-state index in [1.54, 1.807) is 48.5 Å². The smallest absolute Gasteiger partial charge is 0.343 e. The number of nitrogens with one attached hydrogen (secondary N) is 1. The van der Waals surface area contributed by atoms with E-state index in [0.29, 0.717) is 21.6 Å². The highest BCUT2D eigenvalue weighted by Gasteiger charge is 2.40. The van der Waals surface area contributed by atoms with Crippen molar-refractivity contribution in [2.45, 2.75) is 5.92 Å². The summed E-state index contributed by atoms with van der Waals surface area (Å²) in [6.07, 6.45) is 0. The third-order valence-corrected chi connectivity index (χ3v) is 4.52. The Morgan fingerprint density at radius 1 is 1.16 bits per heavy atom. The molecule has 1 aliphatic heterocycles. The highest BCUT2D eigenvalue weighted by molar-refractivity contribution is 6.30. The summed E-state index contributed by atoms with van der Waals surface area (Å²) in [5.41, 5.74) is 0.699. The van der Waals surface area contributed by atoms with Crippen molar-refractivity contribution in [1.82, 2.24) is 0 Å². The second-order valence-electron chi connectivity index (χ2n) is 5.73. The zero-order valence-corrected chi connectivity index (χ0v) is 13.6. The van der Waals surface area contributed by atoms with Crippen LogP contribution in [0.4, 0.5) is 0 Å². The molecular weight excluding hydrogens is 340 g/mol. The van der Waals surface area contributed by atoms with E-state index in [1.807, 2.05) is 0 Å². The van der Waals surface area contributed by atoms with E-state index in [9.17, 15) is 10.1 Å². The van der Waals surface area contributed by atoms with Crippen molar-refractivity contribution in [1.29, 1.82) is 10.7 Å². The van der Waals surface area contributed by atoms with Gasteiger partial charge in [0.2, 0.25) is 5.90 Å². The van der Waals surface area contributed by atoms with Crippen molar-refractivity contribution in [3.8, 4) is 11.8 Å². The summed E-state index contributed by atoms with van der Waals surface area (Å²) in [6, 6.07) is 15.9. The topological polar surface area (TPSA) is 87.1 Å². The van der Waals surface area contributed by atoms with E-state index in [0.717, 1.165) is 0 Å². The third-order valence-electron chi connectivity index (χ3n) is 4.28. The second kappa shape index (κ2) is 5.76. The molecule has 0 saturated heterocycles. The molecular formula is C19H11ClN2O3. The maximum atomic E-state index is 12.7. The number of ether oxygens (including phenoxy) is 1. The molecule has 1 N–H and O–H groups in total. The van der Waals surface area contributed by atoms with E-state index >= 15 is 0 Å². The molecule has 1 aromatic heterocycles. The first-order chi connectivity index (χ1) is 12.1. The van der Waals surface area contributed by atoms with Crippen LogP contribution in [-0.4, -0.2) is 5.90 Å². The average molecular weight is 351 g/mol. The average Bonchev–Trinajstić information content (AvgIpc) is 2.60. The van der Waals surface area contributed by atoms with Crippen LogP contribution in [0.2, 0.25) is 5.02 Å². The normalized spacial score (nSPS) is 19.1. The van der Waals surface area contributed by atoms with Gasteiger partial charge in [0.1, 0.15) is 11.5 Å². The molecule has 2 atom stereocenters. The summed E-state index contributed by atoms with van der Waals surface area (Å²) in [5.74, 6) is -1.54. The standard InChI is InChI=1S/C19H11ClN2O3/c20-11-5-3-4-10(8-11)15-13(9-21)18(22)25-17-12-6-1-2-7-14(12)24-19(23)16(15)17/h1-8,13,15,22H. The van der Waals surface area contributed by atoms with E-state index in [4.69, 9.17) is 26.2 Å². The van der Waals surface area contributed by atoms with Gasteiger partial charge in [0, 0.05) is 10.9 Å².